The van der Waals surface area contributed by atoms with Crippen LogP contribution in [0.3, 0.4) is 0 Å². The number of nitrogens with zero attached hydrogens (tertiary/aromatic N) is 4. The number of likely N-dealkylation sites (tertiary alicyclic amines) is 1. The van der Waals surface area contributed by atoms with Gasteiger partial charge in [0.05, 0.1) is 16.5 Å². The van der Waals surface area contributed by atoms with E-state index in [1.165, 1.54) is 10.1 Å². The molecule has 3 fully saturated rings. The molecule has 1 saturated carbocycles. The Bertz CT molecular complexity index is 903. The van der Waals surface area contributed by atoms with Gasteiger partial charge in [0.15, 0.2) is 0 Å². The smallest absolute Gasteiger partial charge is 0.233 e. The zero-order valence-corrected chi connectivity index (χ0v) is 19.4. The van der Waals surface area contributed by atoms with Crippen molar-refractivity contribution in [2.75, 3.05) is 44.2 Å². The minimum atomic E-state index is -0.0128. The van der Waals surface area contributed by atoms with Crippen LogP contribution in [0.1, 0.15) is 38.5 Å². The molecular formula is C23H30ClN4O2S-. The molecule has 1 aromatic carbocycles. The fraction of sp³-hybridized carbons (Fsp3) is 0.609. The SMILES string of the molecule is O=C1[C@H]2CCCC[C@H]2C(=O)N1CCCCN1CCN(c2nsc3ccccc23)CC1.[Cl-]. The van der Waals surface area contributed by atoms with Crippen LogP contribution in [0.15, 0.2) is 24.3 Å². The first kappa shape index (κ1) is 22.5. The van der Waals surface area contributed by atoms with Crippen LogP contribution in [0.5, 0.6) is 0 Å². The lowest BCUT2D eigenvalue weighted by atomic mass is 9.81. The van der Waals surface area contributed by atoms with E-state index >= 15 is 0 Å². The van der Waals surface area contributed by atoms with Gasteiger partial charge in [-0.1, -0.05) is 25.0 Å². The van der Waals surface area contributed by atoms with Gasteiger partial charge in [0.1, 0.15) is 5.82 Å². The molecule has 6 nitrogen and oxygen atoms in total. The molecule has 8 heteroatoms. The fourth-order valence-corrected chi connectivity index (χ4v) is 6.14. The van der Waals surface area contributed by atoms with Crippen molar-refractivity contribution >= 4 is 39.3 Å². The van der Waals surface area contributed by atoms with Crippen molar-refractivity contribution in [2.45, 2.75) is 38.5 Å². The highest BCUT2D eigenvalue weighted by molar-refractivity contribution is 7.13. The van der Waals surface area contributed by atoms with E-state index in [1.54, 1.807) is 16.4 Å². The van der Waals surface area contributed by atoms with E-state index in [0.717, 1.165) is 77.1 Å². The van der Waals surface area contributed by atoms with E-state index in [9.17, 15) is 9.59 Å². The first-order chi connectivity index (χ1) is 14.7. The summed E-state index contributed by atoms with van der Waals surface area (Å²) in [4.78, 5) is 31.6. The molecule has 0 N–H and O–H groups in total. The van der Waals surface area contributed by atoms with Crippen molar-refractivity contribution in [3.8, 4) is 0 Å². The third-order valence-corrected chi connectivity index (χ3v) is 7.89. The predicted octanol–water partition coefficient (Wildman–Crippen LogP) is 0.378. The van der Waals surface area contributed by atoms with Gasteiger partial charge in [-0.25, -0.2) is 0 Å². The van der Waals surface area contributed by atoms with E-state index in [4.69, 9.17) is 0 Å². The molecule has 0 bridgehead atoms. The molecule has 2 atom stereocenters. The molecule has 2 amide bonds. The van der Waals surface area contributed by atoms with Crippen LogP contribution >= 0.6 is 11.5 Å². The maximum Gasteiger partial charge on any atom is 0.233 e. The molecule has 0 unspecified atom stereocenters. The molecular weight excluding hydrogens is 432 g/mol. The van der Waals surface area contributed by atoms with Crippen LogP contribution in [-0.4, -0.2) is 65.3 Å². The highest BCUT2D eigenvalue weighted by Crippen LogP contribution is 2.38. The average molecular weight is 462 g/mol. The van der Waals surface area contributed by atoms with Gasteiger partial charge < -0.3 is 17.3 Å². The topological polar surface area (TPSA) is 56.8 Å². The molecule has 31 heavy (non-hydrogen) atoms. The van der Waals surface area contributed by atoms with Crippen LogP contribution in [0.2, 0.25) is 0 Å². The Kier molecular flexibility index (Phi) is 7.14. The second kappa shape index (κ2) is 9.84. The predicted molar refractivity (Wildman–Crippen MR) is 120 cm³/mol. The summed E-state index contributed by atoms with van der Waals surface area (Å²) in [6, 6.07) is 8.45. The van der Waals surface area contributed by atoms with Gasteiger partial charge in [0, 0.05) is 38.1 Å². The Balaban J connectivity index is 0.00000231. The van der Waals surface area contributed by atoms with Gasteiger partial charge in [-0.3, -0.25) is 19.4 Å². The fourth-order valence-electron chi connectivity index (χ4n) is 5.34. The average Bonchev–Trinajstić information content (AvgIpc) is 3.32. The third-order valence-electron chi connectivity index (χ3n) is 7.07. The zero-order valence-electron chi connectivity index (χ0n) is 17.8. The molecule has 5 rings (SSSR count). The van der Waals surface area contributed by atoms with Gasteiger partial charge in [0.2, 0.25) is 11.8 Å². The quantitative estimate of drug-likeness (QED) is 0.460. The number of amides is 2. The lowest BCUT2D eigenvalue weighted by molar-refractivity contribution is -0.140. The number of fused-ring (bicyclic) bond motifs is 2. The molecule has 2 saturated heterocycles. The van der Waals surface area contributed by atoms with Crippen molar-refractivity contribution < 1.29 is 22.0 Å². The Morgan fingerprint density at radius 1 is 0.903 bits per heavy atom. The zero-order chi connectivity index (χ0) is 20.5. The Morgan fingerprint density at radius 2 is 1.55 bits per heavy atom. The lowest BCUT2D eigenvalue weighted by Crippen LogP contribution is -3.00. The van der Waals surface area contributed by atoms with Crippen LogP contribution in [0.4, 0.5) is 5.82 Å². The van der Waals surface area contributed by atoms with Gasteiger partial charge in [0.25, 0.3) is 0 Å². The Hall–Kier alpha value is -1.70. The van der Waals surface area contributed by atoms with E-state index < -0.39 is 0 Å². The summed E-state index contributed by atoms with van der Waals surface area (Å²) >= 11 is 1.58. The number of piperazine rings is 1. The van der Waals surface area contributed by atoms with Crippen molar-refractivity contribution in [3.63, 3.8) is 0 Å². The van der Waals surface area contributed by atoms with E-state index in [1.807, 2.05) is 0 Å². The largest absolute Gasteiger partial charge is 1.00 e. The number of hydrogen-bond acceptors (Lipinski definition) is 6. The van der Waals surface area contributed by atoms with Gasteiger partial charge in [-0.2, -0.15) is 4.37 Å². The number of carbonyl (C=O) groups is 2. The van der Waals surface area contributed by atoms with Gasteiger partial charge in [-0.05, 0) is 55.9 Å². The van der Waals surface area contributed by atoms with Crippen molar-refractivity contribution in [1.82, 2.24) is 14.2 Å². The molecule has 2 aromatic rings. The van der Waals surface area contributed by atoms with Crippen LogP contribution in [0.25, 0.3) is 10.1 Å². The first-order valence-electron chi connectivity index (χ1n) is 11.4. The maximum atomic E-state index is 12.6. The summed E-state index contributed by atoms with van der Waals surface area (Å²) in [7, 11) is 0. The number of aromatic nitrogens is 1. The van der Waals surface area contributed by atoms with Crippen molar-refractivity contribution in [3.05, 3.63) is 24.3 Å². The summed E-state index contributed by atoms with van der Waals surface area (Å²) < 4.78 is 5.94. The summed E-state index contributed by atoms with van der Waals surface area (Å²) in [5, 5.41) is 1.26. The standard InChI is InChI=1S/C23H30N4O2S.ClH/c28-22-17-7-1-2-8-18(17)23(29)27(22)12-6-5-11-25-13-15-26(16-14-25)21-19-9-3-4-10-20(19)30-24-21;/h3-4,9-10,17-18H,1-2,5-8,11-16H2;1H/p-1/t17-,18+;. The molecule has 3 aliphatic rings. The number of unbranched alkanes of at least 4 members (excludes halogenated alkanes) is 1. The number of anilines is 1. The minimum Gasteiger partial charge on any atom is -1.00 e. The third kappa shape index (κ3) is 4.45. The van der Waals surface area contributed by atoms with Crippen LogP contribution in [0, 0.1) is 11.8 Å². The van der Waals surface area contributed by atoms with E-state index in [0.29, 0.717) is 6.54 Å². The number of benzene rings is 1. The molecule has 168 valence electrons. The summed E-state index contributed by atoms with van der Waals surface area (Å²) in [6.07, 6.45) is 5.95. The monoisotopic (exact) mass is 461 g/mol. The summed E-state index contributed by atoms with van der Waals surface area (Å²) in [5.41, 5.74) is 0. The highest BCUT2D eigenvalue weighted by Gasteiger charge is 2.47. The summed E-state index contributed by atoms with van der Waals surface area (Å²) in [6.45, 7) is 5.72. The molecule has 1 aromatic heterocycles. The molecule has 0 spiro atoms. The summed E-state index contributed by atoms with van der Waals surface area (Å²) in [5.74, 6) is 1.31. The number of rotatable bonds is 6. The van der Waals surface area contributed by atoms with E-state index in [2.05, 4.69) is 38.4 Å². The highest BCUT2D eigenvalue weighted by atomic mass is 35.5. The Labute approximate surface area is 194 Å². The van der Waals surface area contributed by atoms with Crippen molar-refractivity contribution in [1.29, 1.82) is 0 Å². The number of hydrogen-bond donors (Lipinski definition) is 0. The van der Waals surface area contributed by atoms with Gasteiger partial charge in [-0.15, -0.1) is 0 Å². The Morgan fingerprint density at radius 3 is 2.26 bits per heavy atom. The first-order valence-corrected chi connectivity index (χ1v) is 12.2. The second-order valence-corrected chi connectivity index (χ2v) is 9.67. The number of carbonyl (C=O) groups excluding carboxylic acids is 2. The molecule has 0 radical (unpaired) electrons. The second-order valence-electron chi connectivity index (χ2n) is 8.86. The maximum absolute atomic E-state index is 12.6. The lowest BCUT2D eigenvalue weighted by Gasteiger charge is -2.35. The molecule has 2 aliphatic heterocycles. The molecule has 1 aliphatic carbocycles. The minimum absolute atomic E-state index is 0. The van der Waals surface area contributed by atoms with Crippen LogP contribution < -0.4 is 17.3 Å². The number of halogens is 1. The molecule has 3 heterocycles. The van der Waals surface area contributed by atoms with Crippen molar-refractivity contribution in [2.24, 2.45) is 11.8 Å². The van der Waals surface area contributed by atoms with Crippen LogP contribution in [-0.2, 0) is 9.59 Å². The normalized spacial score (nSPS) is 24.5. The van der Waals surface area contributed by atoms with E-state index in [-0.39, 0.29) is 36.1 Å². The van der Waals surface area contributed by atoms with Gasteiger partial charge >= 0.3 is 0 Å². The number of imide groups is 1.